The molecule has 1 fully saturated rings. The van der Waals surface area contributed by atoms with Gasteiger partial charge in [0.2, 0.25) is 0 Å². The molecule has 3 aromatic rings. The zero-order valence-electron chi connectivity index (χ0n) is 19.3. The van der Waals surface area contributed by atoms with Gasteiger partial charge in [0.15, 0.2) is 12.4 Å². The van der Waals surface area contributed by atoms with Gasteiger partial charge in [0.05, 0.1) is 4.92 Å². The average Bonchev–Trinajstić information content (AvgIpc) is 2.88. The summed E-state index contributed by atoms with van der Waals surface area (Å²) in [6, 6.07) is 21.0. The Morgan fingerprint density at radius 1 is 0.943 bits per heavy atom. The van der Waals surface area contributed by atoms with E-state index in [0.717, 1.165) is 16.8 Å². The van der Waals surface area contributed by atoms with Gasteiger partial charge in [0.25, 0.3) is 11.8 Å². The molecule has 4 rings (SSSR count). The summed E-state index contributed by atoms with van der Waals surface area (Å²) in [5.41, 5.74) is 3.13. The number of carbonyl (C=O) groups excluding carboxylic acids is 2. The minimum Gasteiger partial charge on any atom is -0.477 e. The highest BCUT2D eigenvalue weighted by atomic mass is 16.6. The van der Waals surface area contributed by atoms with E-state index in [9.17, 15) is 19.7 Å². The van der Waals surface area contributed by atoms with Crippen molar-refractivity contribution in [1.82, 2.24) is 4.90 Å². The second-order valence-electron chi connectivity index (χ2n) is 8.20. The van der Waals surface area contributed by atoms with E-state index in [2.05, 4.69) is 10.2 Å². The Bertz CT molecular complexity index is 1220. The first-order valence-corrected chi connectivity index (χ1v) is 11.3. The Kier molecular flexibility index (Phi) is 7.25. The van der Waals surface area contributed by atoms with Gasteiger partial charge in [-0.05, 0) is 48.9 Å². The van der Waals surface area contributed by atoms with Crippen LogP contribution in [0.3, 0.4) is 0 Å². The van der Waals surface area contributed by atoms with Crippen LogP contribution in [-0.2, 0) is 4.79 Å². The Balaban J connectivity index is 1.28. The molecule has 0 aromatic heterocycles. The summed E-state index contributed by atoms with van der Waals surface area (Å²) < 4.78 is 5.33. The van der Waals surface area contributed by atoms with Crippen molar-refractivity contribution in [2.75, 3.05) is 43.0 Å². The van der Waals surface area contributed by atoms with Gasteiger partial charge in [0, 0.05) is 49.2 Å². The van der Waals surface area contributed by atoms with Crippen LogP contribution in [0.2, 0.25) is 0 Å². The van der Waals surface area contributed by atoms with Crippen LogP contribution in [0.15, 0.2) is 72.8 Å². The predicted octanol–water partition coefficient (Wildman–Crippen LogP) is 3.88. The molecule has 0 atom stereocenters. The van der Waals surface area contributed by atoms with Crippen LogP contribution in [0.1, 0.15) is 15.9 Å². The maximum Gasteiger partial charge on any atom is 0.310 e. The number of para-hydroxylation sites is 2. The van der Waals surface area contributed by atoms with E-state index in [1.165, 1.54) is 18.2 Å². The Hall–Kier alpha value is -4.40. The number of amides is 2. The third kappa shape index (κ3) is 5.75. The number of piperazine rings is 1. The summed E-state index contributed by atoms with van der Waals surface area (Å²) in [5, 5.41) is 13.8. The maximum absolute atomic E-state index is 12.8. The van der Waals surface area contributed by atoms with Crippen LogP contribution >= 0.6 is 0 Å². The van der Waals surface area contributed by atoms with E-state index in [1.54, 1.807) is 18.2 Å². The van der Waals surface area contributed by atoms with Gasteiger partial charge in [-0.25, -0.2) is 0 Å². The van der Waals surface area contributed by atoms with Crippen LogP contribution in [0.5, 0.6) is 5.75 Å². The molecule has 1 N–H and O–H groups in total. The summed E-state index contributed by atoms with van der Waals surface area (Å²) >= 11 is 0. The normalized spacial score (nSPS) is 13.3. The fourth-order valence-corrected chi connectivity index (χ4v) is 3.98. The van der Waals surface area contributed by atoms with E-state index in [1.807, 2.05) is 48.2 Å². The quantitative estimate of drug-likeness (QED) is 0.412. The zero-order chi connectivity index (χ0) is 24.8. The van der Waals surface area contributed by atoms with Crippen molar-refractivity contribution < 1.29 is 19.2 Å². The molecule has 9 nitrogen and oxygen atoms in total. The topological polar surface area (TPSA) is 105 Å². The SMILES string of the molecule is Cc1ccccc1C(=O)N1CCN(c2ccc(NC(=O)COc3ccccc3[N+](=O)[O-])cc2)CC1. The molecular formula is C26H26N4O5. The highest BCUT2D eigenvalue weighted by Gasteiger charge is 2.23. The standard InChI is InChI=1S/C26H26N4O5/c1-19-6-2-3-7-22(19)26(32)29-16-14-28(15-17-29)21-12-10-20(11-13-21)27-25(31)18-35-24-9-5-4-8-23(24)30(33)34/h2-13H,14-18H2,1H3,(H,27,31). The molecule has 0 aliphatic carbocycles. The van der Waals surface area contributed by atoms with Crippen LogP contribution < -0.4 is 15.0 Å². The number of hydrogen-bond acceptors (Lipinski definition) is 6. The minimum atomic E-state index is -0.551. The average molecular weight is 475 g/mol. The number of aryl methyl sites for hydroxylation is 1. The highest BCUT2D eigenvalue weighted by Crippen LogP contribution is 2.26. The Morgan fingerprint density at radius 3 is 2.29 bits per heavy atom. The molecule has 1 aliphatic heterocycles. The molecule has 0 bridgehead atoms. The van der Waals surface area contributed by atoms with Crippen molar-refractivity contribution >= 4 is 28.9 Å². The lowest BCUT2D eigenvalue weighted by molar-refractivity contribution is -0.385. The summed E-state index contributed by atoms with van der Waals surface area (Å²) in [7, 11) is 0. The van der Waals surface area contributed by atoms with Crippen molar-refractivity contribution in [1.29, 1.82) is 0 Å². The van der Waals surface area contributed by atoms with Crippen molar-refractivity contribution in [3.05, 3.63) is 94.0 Å². The van der Waals surface area contributed by atoms with Crippen molar-refractivity contribution in [3.63, 3.8) is 0 Å². The first-order chi connectivity index (χ1) is 16.9. The number of anilines is 2. The number of benzene rings is 3. The van der Waals surface area contributed by atoms with Crippen LogP contribution in [0.4, 0.5) is 17.1 Å². The molecule has 35 heavy (non-hydrogen) atoms. The second-order valence-corrected chi connectivity index (χ2v) is 8.20. The molecule has 2 amide bonds. The van der Waals surface area contributed by atoms with Crippen molar-refractivity contribution in [3.8, 4) is 5.75 Å². The summed E-state index contributed by atoms with van der Waals surface area (Å²) in [6.45, 7) is 4.30. The lowest BCUT2D eigenvalue weighted by Gasteiger charge is -2.36. The zero-order valence-corrected chi connectivity index (χ0v) is 19.3. The number of carbonyl (C=O) groups is 2. The number of ether oxygens (including phenoxy) is 1. The van der Waals surface area contributed by atoms with Gasteiger partial charge in [-0.2, -0.15) is 0 Å². The molecular weight excluding hydrogens is 448 g/mol. The lowest BCUT2D eigenvalue weighted by Crippen LogP contribution is -2.48. The first-order valence-electron chi connectivity index (χ1n) is 11.3. The van der Waals surface area contributed by atoms with Gasteiger partial charge in [-0.15, -0.1) is 0 Å². The smallest absolute Gasteiger partial charge is 0.310 e. The number of rotatable bonds is 7. The fourth-order valence-electron chi connectivity index (χ4n) is 3.98. The van der Waals surface area contributed by atoms with E-state index in [4.69, 9.17) is 4.74 Å². The largest absolute Gasteiger partial charge is 0.477 e. The summed E-state index contributed by atoms with van der Waals surface area (Å²) in [5.74, 6) is -0.314. The maximum atomic E-state index is 12.8. The van der Waals surface area contributed by atoms with Gasteiger partial charge >= 0.3 is 5.69 Å². The molecule has 1 aliphatic rings. The van der Waals surface area contributed by atoms with E-state index in [-0.39, 0.29) is 24.0 Å². The molecule has 0 unspecified atom stereocenters. The lowest BCUT2D eigenvalue weighted by atomic mass is 10.1. The molecule has 9 heteroatoms. The van der Waals surface area contributed by atoms with Crippen LogP contribution in [0.25, 0.3) is 0 Å². The first kappa shape index (κ1) is 23.7. The van der Waals surface area contributed by atoms with Gasteiger partial charge in [-0.3, -0.25) is 19.7 Å². The molecule has 3 aromatic carbocycles. The highest BCUT2D eigenvalue weighted by molar-refractivity contribution is 5.95. The van der Waals surface area contributed by atoms with Crippen LogP contribution in [-0.4, -0.2) is 54.4 Å². The summed E-state index contributed by atoms with van der Waals surface area (Å²) in [6.07, 6.45) is 0. The second kappa shape index (κ2) is 10.7. The van der Waals surface area contributed by atoms with Gasteiger partial charge < -0.3 is 19.9 Å². The minimum absolute atomic E-state index is 0.0445. The number of nitro groups is 1. The third-order valence-corrected chi connectivity index (χ3v) is 5.88. The third-order valence-electron chi connectivity index (χ3n) is 5.88. The van der Waals surface area contributed by atoms with Crippen LogP contribution in [0, 0.1) is 17.0 Å². The fraction of sp³-hybridized carbons (Fsp3) is 0.231. The summed E-state index contributed by atoms with van der Waals surface area (Å²) in [4.78, 5) is 39.6. The van der Waals surface area contributed by atoms with Gasteiger partial charge in [0.1, 0.15) is 0 Å². The number of nitrogens with one attached hydrogen (secondary N) is 1. The number of nitro benzene ring substituents is 1. The Labute approximate surface area is 203 Å². The molecule has 0 spiro atoms. The molecule has 1 saturated heterocycles. The predicted molar refractivity (Wildman–Crippen MR) is 133 cm³/mol. The molecule has 180 valence electrons. The molecule has 0 radical (unpaired) electrons. The van der Waals surface area contributed by atoms with Gasteiger partial charge in [-0.1, -0.05) is 30.3 Å². The molecule has 1 heterocycles. The van der Waals surface area contributed by atoms with Crippen molar-refractivity contribution in [2.45, 2.75) is 6.92 Å². The molecule has 0 saturated carbocycles. The number of hydrogen-bond donors (Lipinski definition) is 1. The van der Waals surface area contributed by atoms with E-state index < -0.39 is 10.8 Å². The monoisotopic (exact) mass is 474 g/mol. The van der Waals surface area contributed by atoms with Crippen molar-refractivity contribution in [2.24, 2.45) is 0 Å². The van der Waals surface area contributed by atoms with E-state index >= 15 is 0 Å². The Morgan fingerprint density at radius 2 is 1.60 bits per heavy atom. The van der Waals surface area contributed by atoms with E-state index in [0.29, 0.717) is 31.9 Å². The number of nitrogens with zero attached hydrogens (tertiary/aromatic N) is 3.